The van der Waals surface area contributed by atoms with Gasteiger partial charge in [0, 0.05) is 23.7 Å². The lowest BCUT2D eigenvalue weighted by atomic mass is 9.83. The summed E-state index contributed by atoms with van der Waals surface area (Å²) in [6.45, 7) is 1.82. The van der Waals surface area contributed by atoms with Crippen LogP contribution >= 0.6 is 15.9 Å². The summed E-state index contributed by atoms with van der Waals surface area (Å²) in [7, 11) is 0. The van der Waals surface area contributed by atoms with E-state index in [1.807, 2.05) is 0 Å². The molecule has 1 unspecified atom stereocenters. The normalized spacial score (nSPS) is 20.6. The molecule has 1 N–H and O–H groups in total. The van der Waals surface area contributed by atoms with Crippen LogP contribution in [0.25, 0.3) is 0 Å². The van der Waals surface area contributed by atoms with Crippen molar-refractivity contribution >= 4 is 15.9 Å². The Bertz CT molecular complexity index is 429. The highest BCUT2D eigenvalue weighted by Gasteiger charge is 2.24. The Kier molecular flexibility index (Phi) is 5.14. The zero-order valence-electron chi connectivity index (χ0n) is 12.0. The molecule has 110 valence electrons. The third-order valence-corrected chi connectivity index (χ3v) is 5.21. The Morgan fingerprint density at radius 3 is 2.65 bits per heavy atom. The topological polar surface area (TPSA) is 21.3 Å². The maximum Gasteiger partial charge on any atom is 0.0960 e. The van der Waals surface area contributed by atoms with Gasteiger partial charge in [-0.25, -0.2) is 0 Å². The molecule has 0 saturated heterocycles. The molecule has 0 radical (unpaired) electrons. The quantitative estimate of drug-likeness (QED) is 0.756. The number of hydrogen-bond donors (Lipinski definition) is 1. The average molecular weight is 338 g/mol. The molecule has 2 aliphatic rings. The Labute approximate surface area is 130 Å². The van der Waals surface area contributed by atoms with Crippen LogP contribution in [0.2, 0.25) is 0 Å². The molecule has 0 bridgehead atoms. The fraction of sp³-hybridized carbons (Fsp3) is 0.647. The lowest BCUT2D eigenvalue weighted by Gasteiger charge is -2.27. The van der Waals surface area contributed by atoms with E-state index in [0.29, 0.717) is 0 Å². The summed E-state index contributed by atoms with van der Waals surface area (Å²) in [6, 6.07) is 9.17. The Morgan fingerprint density at radius 1 is 1.20 bits per heavy atom. The minimum Gasteiger partial charge on any atom is -0.372 e. The number of hydrogen-bond acceptors (Lipinski definition) is 2. The monoisotopic (exact) mass is 337 g/mol. The molecule has 20 heavy (non-hydrogen) atoms. The SMILES string of the molecule is Brc1ccccc1C(CNC1CC1)OCCC1CCC1. The summed E-state index contributed by atoms with van der Waals surface area (Å²) in [4.78, 5) is 0. The van der Waals surface area contributed by atoms with Crippen LogP contribution in [0.15, 0.2) is 28.7 Å². The molecule has 1 aromatic carbocycles. The van der Waals surface area contributed by atoms with Gasteiger partial charge in [-0.1, -0.05) is 53.4 Å². The minimum atomic E-state index is 0.172. The molecule has 2 nitrogen and oxygen atoms in total. The molecule has 1 atom stereocenters. The van der Waals surface area contributed by atoms with Gasteiger partial charge in [-0.2, -0.15) is 0 Å². The van der Waals surface area contributed by atoms with Crippen molar-refractivity contribution < 1.29 is 4.74 Å². The van der Waals surface area contributed by atoms with Crippen LogP contribution in [0, 0.1) is 5.92 Å². The summed E-state index contributed by atoms with van der Waals surface area (Å²) < 4.78 is 7.36. The molecule has 0 amide bonds. The summed E-state index contributed by atoms with van der Waals surface area (Å²) in [5, 5.41) is 3.60. The standard InChI is InChI=1S/C17H24BrNO/c18-16-7-2-1-6-15(16)17(12-19-14-8-9-14)20-11-10-13-4-3-5-13/h1-2,6-7,13-14,17,19H,3-5,8-12H2. The van der Waals surface area contributed by atoms with Gasteiger partial charge in [0.15, 0.2) is 0 Å². The number of ether oxygens (including phenoxy) is 1. The molecule has 1 aromatic rings. The first-order valence-electron chi connectivity index (χ1n) is 7.92. The summed E-state index contributed by atoms with van der Waals surface area (Å²) >= 11 is 3.66. The molecule has 0 aromatic heterocycles. The summed E-state index contributed by atoms with van der Waals surface area (Å²) in [5.41, 5.74) is 1.27. The lowest BCUT2D eigenvalue weighted by molar-refractivity contribution is 0.0365. The first-order chi connectivity index (χ1) is 9.83. The molecular formula is C17H24BrNO. The average Bonchev–Trinajstić information content (AvgIpc) is 3.21. The van der Waals surface area contributed by atoms with E-state index in [1.165, 1.54) is 44.1 Å². The van der Waals surface area contributed by atoms with Gasteiger partial charge >= 0.3 is 0 Å². The van der Waals surface area contributed by atoms with Gasteiger partial charge in [0.1, 0.15) is 0 Å². The highest BCUT2D eigenvalue weighted by Crippen LogP contribution is 2.31. The van der Waals surface area contributed by atoms with Crippen molar-refractivity contribution in [3.8, 4) is 0 Å². The van der Waals surface area contributed by atoms with Crippen LogP contribution in [-0.2, 0) is 4.74 Å². The predicted molar refractivity (Wildman–Crippen MR) is 85.8 cm³/mol. The third-order valence-electron chi connectivity index (χ3n) is 4.49. The van der Waals surface area contributed by atoms with Gasteiger partial charge in [0.25, 0.3) is 0 Å². The zero-order chi connectivity index (χ0) is 13.8. The summed E-state index contributed by atoms with van der Waals surface area (Å²) in [6.07, 6.45) is 8.28. The van der Waals surface area contributed by atoms with Crippen molar-refractivity contribution in [2.45, 2.75) is 50.7 Å². The molecule has 0 heterocycles. The number of halogens is 1. The van der Waals surface area contributed by atoms with Crippen LogP contribution in [0.3, 0.4) is 0 Å². The molecule has 0 spiro atoms. The van der Waals surface area contributed by atoms with Gasteiger partial charge in [0.2, 0.25) is 0 Å². The van der Waals surface area contributed by atoms with E-state index < -0.39 is 0 Å². The maximum atomic E-state index is 6.20. The van der Waals surface area contributed by atoms with Crippen molar-refractivity contribution in [1.29, 1.82) is 0 Å². The van der Waals surface area contributed by atoms with Crippen LogP contribution in [0.4, 0.5) is 0 Å². The van der Waals surface area contributed by atoms with E-state index in [1.54, 1.807) is 0 Å². The van der Waals surface area contributed by atoms with E-state index >= 15 is 0 Å². The van der Waals surface area contributed by atoms with Crippen molar-refractivity contribution in [2.75, 3.05) is 13.2 Å². The first kappa shape index (κ1) is 14.6. The predicted octanol–water partition coefficient (Wildman–Crippen LogP) is 4.45. The van der Waals surface area contributed by atoms with Gasteiger partial charge in [-0.05, 0) is 36.8 Å². The molecule has 2 saturated carbocycles. The number of benzene rings is 1. The Morgan fingerprint density at radius 2 is 2.00 bits per heavy atom. The van der Waals surface area contributed by atoms with Gasteiger partial charge in [-0.15, -0.1) is 0 Å². The highest BCUT2D eigenvalue weighted by molar-refractivity contribution is 9.10. The molecular weight excluding hydrogens is 314 g/mol. The molecule has 3 heteroatoms. The summed E-state index contributed by atoms with van der Waals surface area (Å²) in [5.74, 6) is 0.922. The number of rotatable bonds is 8. The second kappa shape index (κ2) is 7.06. The largest absolute Gasteiger partial charge is 0.372 e. The minimum absolute atomic E-state index is 0.172. The smallest absolute Gasteiger partial charge is 0.0960 e. The van der Waals surface area contributed by atoms with E-state index in [0.717, 1.165) is 29.6 Å². The van der Waals surface area contributed by atoms with Crippen LogP contribution in [0.1, 0.15) is 50.2 Å². The third kappa shape index (κ3) is 4.06. The van der Waals surface area contributed by atoms with Crippen molar-refractivity contribution in [2.24, 2.45) is 5.92 Å². The molecule has 0 aliphatic heterocycles. The second-order valence-electron chi connectivity index (χ2n) is 6.15. The highest BCUT2D eigenvalue weighted by atomic mass is 79.9. The van der Waals surface area contributed by atoms with E-state index in [-0.39, 0.29) is 6.10 Å². The zero-order valence-corrected chi connectivity index (χ0v) is 13.6. The number of nitrogens with one attached hydrogen (secondary N) is 1. The van der Waals surface area contributed by atoms with E-state index in [4.69, 9.17) is 4.74 Å². The maximum absolute atomic E-state index is 6.20. The Hall–Kier alpha value is -0.380. The van der Waals surface area contributed by atoms with Crippen LogP contribution in [-0.4, -0.2) is 19.2 Å². The van der Waals surface area contributed by atoms with Crippen molar-refractivity contribution in [1.82, 2.24) is 5.32 Å². The van der Waals surface area contributed by atoms with Gasteiger partial charge < -0.3 is 10.1 Å². The second-order valence-corrected chi connectivity index (χ2v) is 7.00. The first-order valence-corrected chi connectivity index (χ1v) is 8.71. The molecule has 2 aliphatic carbocycles. The molecule has 3 rings (SSSR count). The lowest BCUT2D eigenvalue weighted by Crippen LogP contribution is -2.26. The van der Waals surface area contributed by atoms with Crippen LogP contribution < -0.4 is 5.32 Å². The van der Waals surface area contributed by atoms with Crippen molar-refractivity contribution in [3.63, 3.8) is 0 Å². The van der Waals surface area contributed by atoms with Crippen LogP contribution in [0.5, 0.6) is 0 Å². The van der Waals surface area contributed by atoms with Crippen molar-refractivity contribution in [3.05, 3.63) is 34.3 Å². The van der Waals surface area contributed by atoms with E-state index in [9.17, 15) is 0 Å². The Balaban J connectivity index is 1.55. The van der Waals surface area contributed by atoms with E-state index in [2.05, 4.69) is 45.5 Å². The van der Waals surface area contributed by atoms with Gasteiger partial charge in [-0.3, -0.25) is 0 Å². The fourth-order valence-corrected chi connectivity index (χ4v) is 3.25. The molecule has 2 fully saturated rings. The fourth-order valence-electron chi connectivity index (χ4n) is 2.71. The van der Waals surface area contributed by atoms with Gasteiger partial charge in [0.05, 0.1) is 6.10 Å².